The minimum Gasteiger partial charge on any atom is -0.344 e. The number of fused-ring (bicyclic) bond motifs is 1. The fourth-order valence-corrected chi connectivity index (χ4v) is 3.15. The molecule has 31 heavy (non-hydrogen) atoms. The van der Waals surface area contributed by atoms with Crippen molar-refractivity contribution in [2.24, 2.45) is 0 Å². The molecular weight excluding hydrogens is 403 g/mol. The van der Waals surface area contributed by atoms with Gasteiger partial charge in [0.1, 0.15) is 5.82 Å². The molecule has 0 fully saturated rings. The summed E-state index contributed by atoms with van der Waals surface area (Å²) in [5.41, 5.74) is 2.21. The van der Waals surface area contributed by atoms with Crippen molar-refractivity contribution >= 4 is 17.1 Å². The van der Waals surface area contributed by atoms with Crippen LogP contribution in [0.15, 0.2) is 33.7 Å². The van der Waals surface area contributed by atoms with Crippen molar-refractivity contribution in [2.75, 3.05) is 0 Å². The molecule has 0 unspecified atom stereocenters. The van der Waals surface area contributed by atoms with E-state index in [-0.39, 0.29) is 17.9 Å². The molecule has 4 rings (SSSR count). The second-order valence-electron chi connectivity index (χ2n) is 8.28. The van der Waals surface area contributed by atoms with E-state index < -0.39 is 17.4 Å². The van der Waals surface area contributed by atoms with Gasteiger partial charge in [-0.3, -0.25) is 9.78 Å². The van der Waals surface area contributed by atoms with Gasteiger partial charge < -0.3 is 14.8 Å². The molecule has 0 spiro atoms. The van der Waals surface area contributed by atoms with Crippen molar-refractivity contribution < 1.29 is 13.7 Å². The number of aromatic amines is 2. The maximum atomic E-state index is 15.0. The number of halogens is 1. The summed E-state index contributed by atoms with van der Waals surface area (Å²) in [6.07, 6.45) is 1.50. The number of nitrogens with one attached hydrogen (secondary N) is 3. The molecule has 4 aromatic rings. The van der Waals surface area contributed by atoms with E-state index in [0.29, 0.717) is 33.7 Å². The lowest BCUT2D eigenvalue weighted by atomic mass is 9.96. The van der Waals surface area contributed by atoms with Crippen LogP contribution in [0.5, 0.6) is 0 Å². The van der Waals surface area contributed by atoms with E-state index in [1.807, 2.05) is 27.7 Å². The molecule has 0 saturated heterocycles. The van der Waals surface area contributed by atoms with E-state index in [2.05, 4.69) is 30.4 Å². The number of amides is 1. The number of hydrogen-bond donors (Lipinski definition) is 3. The number of benzene rings is 1. The van der Waals surface area contributed by atoms with Crippen LogP contribution in [-0.4, -0.2) is 31.0 Å². The van der Waals surface area contributed by atoms with E-state index in [1.165, 1.54) is 12.3 Å². The van der Waals surface area contributed by atoms with Gasteiger partial charge in [0.05, 0.1) is 5.52 Å². The number of pyridine rings is 1. The first kappa shape index (κ1) is 20.5. The van der Waals surface area contributed by atoms with Crippen molar-refractivity contribution in [1.82, 2.24) is 30.4 Å². The third-order valence-electron chi connectivity index (χ3n) is 4.87. The summed E-state index contributed by atoms with van der Waals surface area (Å²) >= 11 is 0. The van der Waals surface area contributed by atoms with Crippen LogP contribution in [0.3, 0.4) is 0 Å². The van der Waals surface area contributed by atoms with Gasteiger partial charge >= 0.3 is 17.5 Å². The molecule has 0 bridgehead atoms. The predicted molar refractivity (Wildman–Crippen MR) is 111 cm³/mol. The largest absolute Gasteiger partial charge is 0.344 e. The number of aryl methyl sites for hydroxylation is 1. The van der Waals surface area contributed by atoms with Crippen LogP contribution in [0.1, 0.15) is 48.4 Å². The van der Waals surface area contributed by atoms with Crippen LogP contribution in [0.4, 0.5) is 4.39 Å². The molecule has 1 amide bonds. The van der Waals surface area contributed by atoms with Gasteiger partial charge in [-0.2, -0.15) is 4.98 Å². The molecule has 0 saturated carbocycles. The highest BCUT2D eigenvalue weighted by atomic mass is 19.1. The summed E-state index contributed by atoms with van der Waals surface area (Å²) in [7, 11) is 0. The molecule has 3 N–H and O–H groups in total. The zero-order valence-corrected chi connectivity index (χ0v) is 17.5. The van der Waals surface area contributed by atoms with E-state index in [1.54, 1.807) is 12.1 Å². The Morgan fingerprint density at radius 1 is 1.23 bits per heavy atom. The Kier molecular flexibility index (Phi) is 4.92. The summed E-state index contributed by atoms with van der Waals surface area (Å²) in [6, 6.07) is 4.66. The van der Waals surface area contributed by atoms with Gasteiger partial charge in [0, 0.05) is 29.3 Å². The van der Waals surface area contributed by atoms with Gasteiger partial charge in [0.15, 0.2) is 11.5 Å². The Morgan fingerprint density at radius 2 is 2.00 bits per heavy atom. The van der Waals surface area contributed by atoms with E-state index in [0.717, 1.165) is 5.56 Å². The maximum Gasteiger partial charge on any atom is 0.325 e. The van der Waals surface area contributed by atoms with Crippen LogP contribution >= 0.6 is 0 Å². The van der Waals surface area contributed by atoms with Gasteiger partial charge in [0.25, 0.3) is 0 Å². The number of aromatic nitrogens is 5. The third-order valence-corrected chi connectivity index (χ3v) is 4.87. The van der Waals surface area contributed by atoms with Crippen LogP contribution in [0.25, 0.3) is 22.3 Å². The van der Waals surface area contributed by atoms with Crippen molar-refractivity contribution in [2.45, 2.75) is 39.7 Å². The molecule has 0 aliphatic rings. The quantitative estimate of drug-likeness (QED) is 0.462. The van der Waals surface area contributed by atoms with Gasteiger partial charge in [-0.1, -0.05) is 25.9 Å². The van der Waals surface area contributed by atoms with Gasteiger partial charge in [-0.25, -0.2) is 14.2 Å². The van der Waals surface area contributed by atoms with Gasteiger partial charge in [0.2, 0.25) is 0 Å². The lowest BCUT2D eigenvalue weighted by Crippen LogP contribution is -2.24. The lowest BCUT2D eigenvalue weighted by Gasteiger charge is -2.12. The standard InChI is InChI=1S/C21H21FN6O3/c1-10-7-13(12-5-6-23-16-15(12)25-20(30)26-16)14(22)8-11(10)9-24-17(29)18-27-19(28-31-18)21(2,3)4/h5-8H,9H2,1-4H3,(H,24,29)(H2,23,25,26,30). The molecule has 0 radical (unpaired) electrons. The van der Waals surface area contributed by atoms with Crippen LogP contribution < -0.4 is 11.0 Å². The zero-order chi connectivity index (χ0) is 22.3. The fourth-order valence-electron chi connectivity index (χ4n) is 3.15. The minimum absolute atomic E-state index is 0.0852. The van der Waals surface area contributed by atoms with Crippen LogP contribution in [0.2, 0.25) is 0 Å². The van der Waals surface area contributed by atoms with Gasteiger partial charge in [-0.15, -0.1) is 0 Å². The lowest BCUT2D eigenvalue weighted by molar-refractivity contribution is 0.0907. The Hall–Kier alpha value is -3.82. The number of nitrogens with zero attached hydrogens (tertiary/aromatic N) is 3. The van der Waals surface area contributed by atoms with E-state index >= 15 is 0 Å². The van der Waals surface area contributed by atoms with Crippen molar-refractivity contribution in [1.29, 1.82) is 0 Å². The first-order valence-electron chi connectivity index (χ1n) is 9.62. The fraction of sp³-hybridized carbons (Fsp3) is 0.286. The predicted octanol–water partition coefficient (Wildman–Crippen LogP) is 2.98. The summed E-state index contributed by atoms with van der Waals surface area (Å²) in [5, 5.41) is 6.50. The molecule has 9 nitrogen and oxygen atoms in total. The van der Waals surface area contributed by atoms with Crippen LogP contribution in [-0.2, 0) is 12.0 Å². The number of rotatable bonds is 4. The Labute approximate surface area is 176 Å². The smallest absolute Gasteiger partial charge is 0.325 e. The number of carbonyl (C=O) groups is 1. The molecule has 3 aromatic heterocycles. The highest BCUT2D eigenvalue weighted by molar-refractivity contribution is 5.90. The van der Waals surface area contributed by atoms with Crippen molar-refractivity contribution in [3.05, 3.63) is 63.5 Å². The van der Waals surface area contributed by atoms with Crippen molar-refractivity contribution in [3.63, 3.8) is 0 Å². The number of H-pyrrole nitrogens is 2. The average Bonchev–Trinajstić information content (AvgIpc) is 3.34. The molecule has 10 heteroatoms. The first-order valence-corrected chi connectivity index (χ1v) is 9.62. The second-order valence-corrected chi connectivity index (χ2v) is 8.28. The Bertz CT molecular complexity index is 1350. The normalized spacial score (nSPS) is 11.8. The monoisotopic (exact) mass is 424 g/mol. The molecule has 3 heterocycles. The second kappa shape index (κ2) is 7.46. The SMILES string of the molecule is Cc1cc(-c2ccnc3[nH]c(=O)[nH]c23)c(F)cc1CNC(=O)c1nc(C(C)(C)C)no1. The summed E-state index contributed by atoms with van der Waals surface area (Å²) in [5.74, 6) is -0.740. The number of carbonyl (C=O) groups excluding carboxylic acids is 1. The summed E-state index contributed by atoms with van der Waals surface area (Å²) in [6.45, 7) is 7.63. The third kappa shape index (κ3) is 3.96. The topological polar surface area (TPSA) is 130 Å². The summed E-state index contributed by atoms with van der Waals surface area (Å²) in [4.78, 5) is 37.3. The Balaban J connectivity index is 1.57. The minimum atomic E-state index is -0.535. The first-order chi connectivity index (χ1) is 14.6. The number of imidazole rings is 1. The molecule has 0 atom stereocenters. The number of hydrogen-bond acceptors (Lipinski definition) is 6. The highest BCUT2D eigenvalue weighted by Crippen LogP contribution is 2.29. The van der Waals surface area contributed by atoms with Crippen molar-refractivity contribution in [3.8, 4) is 11.1 Å². The molecular formula is C21H21FN6O3. The van der Waals surface area contributed by atoms with E-state index in [9.17, 15) is 14.0 Å². The highest BCUT2D eigenvalue weighted by Gasteiger charge is 2.24. The summed E-state index contributed by atoms with van der Waals surface area (Å²) < 4.78 is 20.0. The Morgan fingerprint density at radius 3 is 2.71 bits per heavy atom. The van der Waals surface area contributed by atoms with E-state index in [4.69, 9.17) is 4.52 Å². The van der Waals surface area contributed by atoms with Crippen LogP contribution in [0, 0.1) is 12.7 Å². The molecule has 160 valence electrons. The average molecular weight is 424 g/mol. The molecule has 1 aromatic carbocycles. The maximum absolute atomic E-state index is 15.0. The molecule has 0 aliphatic carbocycles. The van der Waals surface area contributed by atoms with Gasteiger partial charge in [-0.05, 0) is 36.2 Å². The zero-order valence-electron chi connectivity index (χ0n) is 17.5. The molecule has 0 aliphatic heterocycles.